The van der Waals surface area contributed by atoms with E-state index in [-0.39, 0.29) is 30.4 Å². The number of ether oxygens (including phenoxy) is 1. The second kappa shape index (κ2) is 13.5. The van der Waals surface area contributed by atoms with E-state index in [1.54, 1.807) is 13.0 Å². The van der Waals surface area contributed by atoms with Gasteiger partial charge in [0.05, 0.1) is 16.6 Å². The molecule has 7 atom stereocenters. The highest BCUT2D eigenvalue weighted by atomic mass is 35.5. The zero-order chi connectivity index (χ0) is 35.4. The van der Waals surface area contributed by atoms with Crippen LogP contribution in [0.5, 0.6) is 0 Å². The van der Waals surface area contributed by atoms with Gasteiger partial charge < -0.3 is 24.8 Å². The van der Waals surface area contributed by atoms with Gasteiger partial charge in [0.25, 0.3) is 0 Å². The van der Waals surface area contributed by atoms with Crippen LogP contribution in [0.15, 0.2) is 46.9 Å². The van der Waals surface area contributed by atoms with Crippen molar-refractivity contribution in [3.05, 3.63) is 81.1 Å². The molecule has 2 saturated carbocycles. The van der Waals surface area contributed by atoms with Gasteiger partial charge in [0, 0.05) is 35.0 Å². The summed E-state index contributed by atoms with van der Waals surface area (Å²) in [5.41, 5.74) is 2.32. The molecule has 2 heterocycles. The van der Waals surface area contributed by atoms with Crippen molar-refractivity contribution in [3.8, 4) is 0 Å². The van der Waals surface area contributed by atoms with Crippen LogP contribution >= 0.6 is 23.2 Å². The molecule has 4 aromatic rings. The summed E-state index contributed by atoms with van der Waals surface area (Å²) >= 11 is 13.2. The van der Waals surface area contributed by atoms with Crippen LogP contribution < -0.4 is 16.0 Å². The Morgan fingerprint density at radius 1 is 1.06 bits per heavy atom. The largest absolute Gasteiger partial charge is 0.445 e. The Hall–Kier alpha value is -3.60. The summed E-state index contributed by atoms with van der Waals surface area (Å²) in [7, 11) is 0. The van der Waals surface area contributed by atoms with Crippen LogP contribution in [-0.4, -0.2) is 44.3 Å². The van der Waals surface area contributed by atoms with Gasteiger partial charge in [0.15, 0.2) is 0 Å². The Morgan fingerprint density at radius 3 is 2.44 bits per heavy atom. The van der Waals surface area contributed by atoms with Gasteiger partial charge in [-0.3, -0.25) is 10.1 Å². The number of carbonyl (C=O) groups is 2. The van der Waals surface area contributed by atoms with E-state index in [0.717, 1.165) is 47.0 Å². The summed E-state index contributed by atoms with van der Waals surface area (Å²) in [5.74, 6) is 1.56. The fourth-order valence-electron chi connectivity index (χ4n) is 8.22. The third kappa shape index (κ3) is 6.28. The fraction of sp³-hybridized carbons (Fsp3) is 0.526. The number of nitrogens with zero attached hydrogens (tertiary/aromatic N) is 2. The van der Waals surface area contributed by atoms with Gasteiger partial charge >= 0.3 is 6.09 Å². The molecular weight excluding hydrogens is 675 g/mol. The fourth-order valence-corrected chi connectivity index (χ4v) is 8.76. The number of halogens is 2. The summed E-state index contributed by atoms with van der Waals surface area (Å²) in [4.78, 5) is 32.0. The summed E-state index contributed by atoms with van der Waals surface area (Å²) < 4.78 is 11.6. The van der Waals surface area contributed by atoms with Crippen molar-refractivity contribution in [3.63, 3.8) is 0 Å². The van der Waals surface area contributed by atoms with Crippen LogP contribution in [0, 0.1) is 30.6 Å². The van der Waals surface area contributed by atoms with E-state index in [2.05, 4.69) is 58.8 Å². The van der Waals surface area contributed by atoms with Crippen molar-refractivity contribution in [2.75, 3.05) is 0 Å². The Morgan fingerprint density at radius 2 is 1.80 bits per heavy atom. The van der Waals surface area contributed by atoms with Crippen molar-refractivity contribution in [2.24, 2.45) is 23.7 Å². The van der Waals surface area contributed by atoms with Crippen molar-refractivity contribution < 1.29 is 18.7 Å². The first-order valence-electron chi connectivity index (χ1n) is 17.9. The molecule has 10 nitrogen and oxygen atoms in total. The Balaban J connectivity index is 1.24. The Bertz CT molecular complexity index is 1890. The second-order valence-corrected chi connectivity index (χ2v) is 15.6. The molecule has 0 spiro atoms. The maximum Gasteiger partial charge on any atom is 0.407 e. The molecule has 2 aromatic carbocycles. The van der Waals surface area contributed by atoms with Gasteiger partial charge in [0.2, 0.25) is 17.7 Å². The molecule has 7 rings (SSSR count). The molecule has 0 saturated heterocycles. The quantitative estimate of drug-likeness (QED) is 0.112. The molecule has 12 heteroatoms. The maximum absolute atomic E-state index is 15.1. The number of H-pyrrole nitrogens is 1. The number of benzene rings is 2. The minimum Gasteiger partial charge on any atom is -0.445 e. The third-order valence-corrected chi connectivity index (χ3v) is 12.1. The monoisotopic (exact) mass is 720 g/mol. The summed E-state index contributed by atoms with van der Waals surface area (Å²) in [6.45, 7) is 10.4. The summed E-state index contributed by atoms with van der Waals surface area (Å²) in [6, 6.07) is 12.6. The van der Waals surface area contributed by atoms with E-state index < -0.39 is 23.2 Å². The number of aromatic amines is 1. The number of hydrogen-bond donors (Lipinski definition) is 4. The van der Waals surface area contributed by atoms with Gasteiger partial charge in [-0.05, 0) is 66.2 Å². The molecule has 2 aromatic heterocycles. The van der Waals surface area contributed by atoms with Crippen LogP contribution in [0.4, 0.5) is 4.79 Å². The van der Waals surface area contributed by atoms with Crippen molar-refractivity contribution in [1.82, 2.24) is 31.1 Å². The van der Waals surface area contributed by atoms with Crippen LogP contribution in [0.25, 0.3) is 10.9 Å². The lowest BCUT2D eigenvalue weighted by Crippen LogP contribution is -2.70. The molecular formula is C38H46Cl2N6O4. The molecule has 4 N–H and O–H groups in total. The molecule has 0 radical (unpaired) electrons. The summed E-state index contributed by atoms with van der Waals surface area (Å²) in [5, 5.41) is 21.1. The molecule has 0 aliphatic heterocycles. The first-order valence-corrected chi connectivity index (χ1v) is 18.6. The van der Waals surface area contributed by atoms with Crippen molar-refractivity contribution in [1.29, 1.82) is 0 Å². The van der Waals surface area contributed by atoms with Gasteiger partial charge in [-0.15, -0.1) is 10.2 Å². The van der Waals surface area contributed by atoms with Crippen molar-refractivity contribution >= 4 is 46.1 Å². The normalized spacial score (nSPS) is 25.9. The smallest absolute Gasteiger partial charge is 0.407 e. The number of amides is 2. The van der Waals surface area contributed by atoms with E-state index in [4.69, 9.17) is 32.4 Å². The van der Waals surface area contributed by atoms with E-state index in [1.165, 1.54) is 0 Å². The predicted octanol–water partition coefficient (Wildman–Crippen LogP) is 7.62. The molecule has 3 aliphatic carbocycles. The third-order valence-electron chi connectivity index (χ3n) is 11.6. The highest BCUT2D eigenvalue weighted by molar-refractivity contribution is 6.38. The first kappa shape index (κ1) is 34.8. The molecule has 4 unspecified atom stereocenters. The SMILES string of the molecule is CCC(C)[C@H](NC(=O)[C@@]1(NC2([C@@H](NC(=O)OCc3ccccc3)C(C)CC)C3CC32)CCc2[nH]c3c(Cl)cc(Cl)cc3c2C1)c1nnc(C)o1. The Kier molecular flexibility index (Phi) is 9.41. The standard InChI is InChI=1S/C38H46Cl2N6O4/c1-6-20(3)31(34-45-44-22(5)50-34)42-35(47)37(14-13-30-26(18-37)25-15-24(39)16-29(40)32(25)41-30)46-38(27-17-28(27)38)33(21(4)7-2)43-36(48)49-19-23-11-9-8-10-12-23/h8-12,15-16,20-21,27-28,31,33,41,46H,6-7,13-14,17-19H2,1-5H3,(H,42,47)(H,43,48)/t20?,21?,27?,28?,31-,33-,37+,38?/m0/s1. The average Bonchev–Trinajstić information content (AvgIpc) is 3.94. The highest BCUT2D eigenvalue weighted by Gasteiger charge is 2.81. The number of carbonyl (C=O) groups excluding carboxylic acids is 2. The van der Waals surface area contributed by atoms with E-state index in [9.17, 15) is 4.79 Å². The number of alkyl carbamates (subject to hydrolysis) is 1. The summed E-state index contributed by atoms with van der Waals surface area (Å²) in [6.07, 6.45) is 3.81. The zero-order valence-corrected chi connectivity index (χ0v) is 30.8. The van der Waals surface area contributed by atoms with E-state index in [0.29, 0.717) is 52.9 Å². The number of nitrogens with one attached hydrogen (secondary N) is 4. The lowest BCUT2D eigenvalue weighted by atomic mass is 9.75. The second-order valence-electron chi connectivity index (χ2n) is 14.7. The van der Waals surface area contributed by atoms with Gasteiger partial charge in [-0.25, -0.2) is 4.79 Å². The zero-order valence-electron chi connectivity index (χ0n) is 29.2. The van der Waals surface area contributed by atoms with Crippen LogP contribution in [0.2, 0.25) is 10.0 Å². The number of rotatable bonds is 13. The van der Waals surface area contributed by atoms with E-state index >= 15 is 4.79 Å². The lowest BCUT2D eigenvalue weighted by molar-refractivity contribution is -0.130. The number of fused-ring (bicyclic) bond motifs is 4. The predicted molar refractivity (Wildman–Crippen MR) is 193 cm³/mol. The minimum absolute atomic E-state index is 0.0397. The lowest BCUT2D eigenvalue weighted by Gasteiger charge is -2.46. The van der Waals surface area contributed by atoms with Gasteiger partial charge in [0.1, 0.15) is 18.2 Å². The minimum atomic E-state index is -1.02. The topological polar surface area (TPSA) is 134 Å². The molecule has 2 fully saturated rings. The average molecular weight is 722 g/mol. The molecule has 50 heavy (non-hydrogen) atoms. The number of aryl methyl sites for hydroxylation is 2. The van der Waals surface area contributed by atoms with Gasteiger partial charge in [-0.2, -0.15) is 0 Å². The van der Waals surface area contributed by atoms with Crippen LogP contribution in [0.1, 0.15) is 88.0 Å². The molecule has 0 bridgehead atoms. The highest BCUT2D eigenvalue weighted by Crippen LogP contribution is 2.74. The molecule has 2 amide bonds. The number of hydrogen-bond acceptors (Lipinski definition) is 7. The Labute approximate surface area is 302 Å². The van der Waals surface area contributed by atoms with Crippen LogP contribution in [-0.2, 0) is 29.0 Å². The maximum atomic E-state index is 15.1. The number of aromatic nitrogens is 3. The van der Waals surface area contributed by atoms with Crippen molar-refractivity contribution in [2.45, 2.75) is 103 Å². The first-order chi connectivity index (χ1) is 24.0. The molecule has 266 valence electrons. The molecule has 3 aliphatic rings. The van der Waals surface area contributed by atoms with Gasteiger partial charge in [-0.1, -0.05) is 94.1 Å². The van der Waals surface area contributed by atoms with Crippen LogP contribution in [0.3, 0.4) is 0 Å². The van der Waals surface area contributed by atoms with E-state index in [1.807, 2.05) is 36.4 Å².